The average Bonchev–Trinajstić information content (AvgIpc) is 2.90. The summed E-state index contributed by atoms with van der Waals surface area (Å²) in [5.74, 6) is 0.930. The Morgan fingerprint density at radius 1 is 1.14 bits per heavy atom. The number of anilines is 1. The van der Waals surface area contributed by atoms with Crippen molar-refractivity contribution in [2.75, 3.05) is 11.4 Å². The minimum atomic E-state index is 0.345. The van der Waals surface area contributed by atoms with Crippen LogP contribution in [0.1, 0.15) is 82.1 Å². The Labute approximate surface area is 133 Å². The van der Waals surface area contributed by atoms with Crippen LogP contribution in [0.4, 0.5) is 5.13 Å². The first-order valence-electron chi connectivity index (χ1n) is 8.20. The maximum Gasteiger partial charge on any atom is 0.186 e. The average molecular weight is 311 g/mol. The molecule has 3 nitrogen and oxygen atoms in total. The molecule has 0 N–H and O–H groups in total. The van der Waals surface area contributed by atoms with Gasteiger partial charge in [0, 0.05) is 12.6 Å². The highest BCUT2D eigenvalue weighted by Gasteiger charge is 2.23. The van der Waals surface area contributed by atoms with Gasteiger partial charge in [-0.05, 0) is 31.1 Å². The van der Waals surface area contributed by atoms with Crippen LogP contribution in [0.15, 0.2) is 0 Å². The molecule has 4 heteroatoms. The number of nitrogens with zero attached hydrogens (tertiary/aromatic N) is 2. The lowest BCUT2D eigenvalue weighted by Crippen LogP contribution is -2.37. The molecular weight excluding hydrogens is 280 g/mol. The van der Waals surface area contributed by atoms with Crippen LogP contribution in [0, 0.1) is 5.92 Å². The molecule has 0 aliphatic rings. The van der Waals surface area contributed by atoms with E-state index >= 15 is 0 Å². The van der Waals surface area contributed by atoms with Crippen LogP contribution in [-0.4, -0.2) is 23.9 Å². The molecule has 0 radical (unpaired) electrons. The molecule has 0 aliphatic heterocycles. The van der Waals surface area contributed by atoms with Crippen LogP contribution in [0.5, 0.6) is 0 Å². The van der Waals surface area contributed by atoms with Crippen LogP contribution in [0.2, 0.25) is 0 Å². The second-order valence-corrected chi connectivity index (χ2v) is 7.20. The molecule has 0 aliphatic carbocycles. The molecule has 1 unspecified atom stereocenters. The minimum absolute atomic E-state index is 0.345. The molecule has 0 aromatic carbocycles. The Bertz CT molecular complexity index is 438. The molecule has 0 amide bonds. The van der Waals surface area contributed by atoms with Gasteiger partial charge in [-0.3, -0.25) is 4.79 Å². The Balaban J connectivity index is 3.18. The number of rotatable bonds is 9. The summed E-state index contributed by atoms with van der Waals surface area (Å²) in [5, 5.41) is 1.02. The van der Waals surface area contributed by atoms with Gasteiger partial charge in [-0.1, -0.05) is 52.9 Å². The van der Waals surface area contributed by atoms with Crippen LogP contribution in [0.25, 0.3) is 0 Å². The standard InChI is InChI=1S/C17H30N2OS/c1-7-13(6)16-15(11-20)21-17(18-16)19(10-12(4)5)14(8-2)9-3/h11-14H,7-10H2,1-6H3. The number of hydrogen-bond donors (Lipinski definition) is 0. The van der Waals surface area contributed by atoms with Crippen molar-refractivity contribution in [3.8, 4) is 0 Å². The fraction of sp³-hybridized carbons (Fsp3) is 0.765. The number of thiazole rings is 1. The van der Waals surface area contributed by atoms with Gasteiger partial charge in [0.05, 0.1) is 10.6 Å². The van der Waals surface area contributed by atoms with Crippen molar-refractivity contribution in [1.82, 2.24) is 4.98 Å². The van der Waals surface area contributed by atoms with E-state index in [0.29, 0.717) is 17.9 Å². The minimum Gasteiger partial charge on any atom is -0.345 e. The summed E-state index contributed by atoms with van der Waals surface area (Å²) in [6.45, 7) is 14.2. The second kappa shape index (κ2) is 8.52. The van der Waals surface area contributed by atoms with Gasteiger partial charge in [-0.2, -0.15) is 0 Å². The summed E-state index contributed by atoms with van der Waals surface area (Å²) in [6, 6.07) is 0.503. The molecule has 0 saturated heterocycles. The fourth-order valence-corrected chi connectivity index (χ4v) is 3.67. The molecule has 1 rings (SSSR count). The van der Waals surface area contributed by atoms with Gasteiger partial charge in [0.2, 0.25) is 0 Å². The molecule has 1 heterocycles. The lowest BCUT2D eigenvalue weighted by molar-refractivity contribution is 0.112. The zero-order valence-corrected chi connectivity index (χ0v) is 15.2. The summed E-state index contributed by atoms with van der Waals surface area (Å²) in [7, 11) is 0. The smallest absolute Gasteiger partial charge is 0.186 e. The molecule has 1 atom stereocenters. The third-order valence-corrected chi connectivity index (χ3v) is 5.08. The van der Waals surface area contributed by atoms with Crippen molar-refractivity contribution in [3.63, 3.8) is 0 Å². The zero-order chi connectivity index (χ0) is 16.0. The van der Waals surface area contributed by atoms with Gasteiger partial charge >= 0.3 is 0 Å². The van der Waals surface area contributed by atoms with Crippen molar-refractivity contribution in [3.05, 3.63) is 10.6 Å². The first kappa shape index (κ1) is 18.1. The van der Waals surface area contributed by atoms with E-state index in [2.05, 4.69) is 46.4 Å². The van der Waals surface area contributed by atoms with E-state index in [4.69, 9.17) is 4.98 Å². The van der Waals surface area contributed by atoms with E-state index in [1.54, 1.807) is 11.3 Å². The van der Waals surface area contributed by atoms with Gasteiger partial charge in [0.25, 0.3) is 0 Å². The number of aromatic nitrogens is 1. The third-order valence-electron chi connectivity index (χ3n) is 4.05. The lowest BCUT2D eigenvalue weighted by atomic mass is 10.0. The van der Waals surface area contributed by atoms with E-state index in [9.17, 15) is 4.79 Å². The monoisotopic (exact) mass is 310 g/mol. The summed E-state index contributed by atoms with van der Waals surface area (Å²) in [4.78, 5) is 19.4. The molecule has 0 spiro atoms. The van der Waals surface area contributed by atoms with Gasteiger partial charge in [0.15, 0.2) is 11.4 Å². The highest BCUT2D eigenvalue weighted by molar-refractivity contribution is 7.17. The Kier molecular flexibility index (Phi) is 7.36. The lowest BCUT2D eigenvalue weighted by Gasteiger charge is -2.31. The molecule has 0 bridgehead atoms. The normalized spacial score (nSPS) is 13.0. The first-order valence-corrected chi connectivity index (χ1v) is 9.02. The number of hydrogen-bond acceptors (Lipinski definition) is 4. The van der Waals surface area contributed by atoms with Crippen molar-refractivity contribution in [2.24, 2.45) is 5.92 Å². The van der Waals surface area contributed by atoms with E-state index in [1.165, 1.54) is 0 Å². The first-order chi connectivity index (χ1) is 9.98. The predicted molar refractivity (Wildman–Crippen MR) is 92.8 cm³/mol. The molecule has 120 valence electrons. The summed E-state index contributed by atoms with van der Waals surface area (Å²) >= 11 is 1.56. The van der Waals surface area contributed by atoms with Gasteiger partial charge in [0.1, 0.15) is 0 Å². The topological polar surface area (TPSA) is 33.2 Å². The summed E-state index contributed by atoms with van der Waals surface area (Å²) in [6.07, 6.45) is 4.21. The van der Waals surface area contributed by atoms with Crippen molar-refractivity contribution >= 4 is 22.8 Å². The van der Waals surface area contributed by atoms with Gasteiger partial charge < -0.3 is 4.90 Å². The van der Waals surface area contributed by atoms with Crippen LogP contribution < -0.4 is 4.90 Å². The summed E-state index contributed by atoms with van der Waals surface area (Å²) in [5.41, 5.74) is 0.979. The molecule has 1 aromatic rings. The van der Waals surface area contributed by atoms with Crippen LogP contribution in [0.3, 0.4) is 0 Å². The highest BCUT2D eigenvalue weighted by Crippen LogP contribution is 2.33. The molecule has 0 fully saturated rings. The number of carbonyl (C=O) groups excluding carboxylic acids is 1. The Morgan fingerprint density at radius 2 is 1.76 bits per heavy atom. The van der Waals surface area contributed by atoms with E-state index in [1.807, 2.05) is 0 Å². The molecule has 0 saturated carbocycles. The van der Waals surface area contributed by atoms with Crippen molar-refractivity contribution < 1.29 is 4.79 Å². The Morgan fingerprint density at radius 3 is 2.19 bits per heavy atom. The molecule has 1 aromatic heterocycles. The molecular formula is C17H30N2OS. The van der Waals surface area contributed by atoms with E-state index < -0.39 is 0 Å². The van der Waals surface area contributed by atoms with Gasteiger partial charge in [-0.25, -0.2) is 4.98 Å². The van der Waals surface area contributed by atoms with Crippen molar-refractivity contribution in [1.29, 1.82) is 0 Å². The number of carbonyl (C=O) groups is 1. The Hall–Kier alpha value is -0.900. The largest absolute Gasteiger partial charge is 0.345 e. The second-order valence-electron chi connectivity index (χ2n) is 6.19. The zero-order valence-electron chi connectivity index (χ0n) is 14.3. The quantitative estimate of drug-likeness (QED) is 0.593. The van der Waals surface area contributed by atoms with Gasteiger partial charge in [-0.15, -0.1) is 0 Å². The molecule has 21 heavy (non-hydrogen) atoms. The predicted octanol–water partition coefficient (Wildman–Crippen LogP) is 5.12. The van der Waals surface area contributed by atoms with Crippen molar-refractivity contribution in [2.45, 2.75) is 72.8 Å². The number of aldehydes is 1. The fourth-order valence-electron chi connectivity index (χ4n) is 2.59. The van der Waals surface area contributed by atoms with Crippen LogP contribution >= 0.6 is 11.3 Å². The maximum absolute atomic E-state index is 11.4. The van der Waals surface area contributed by atoms with E-state index in [-0.39, 0.29) is 0 Å². The maximum atomic E-state index is 11.4. The summed E-state index contributed by atoms with van der Waals surface area (Å²) < 4.78 is 0. The van der Waals surface area contributed by atoms with Crippen LogP contribution in [-0.2, 0) is 0 Å². The highest BCUT2D eigenvalue weighted by atomic mass is 32.1. The third kappa shape index (κ3) is 4.53. The SMILES string of the molecule is CCC(C)c1nc(N(CC(C)C)C(CC)CC)sc1C=O. The van der Waals surface area contributed by atoms with E-state index in [0.717, 1.165) is 47.8 Å².